The summed E-state index contributed by atoms with van der Waals surface area (Å²) >= 11 is 0. The van der Waals surface area contributed by atoms with Gasteiger partial charge in [0.2, 0.25) is 0 Å². The van der Waals surface area contributed by atoms with Gasteiger partial charge in [-0.3, -0.25) is 4.90 Å². The zero-order chi connectivity index (χ0) is 15.5. The second kappa shape index (κ2) is 6.75. The Morgan fingerprint density at radius 2 is 1.81 bits per heavy atom. The van der Waals surface area contributed by atoms with Gasteiger partial charge in [0.15, 0.2) is 0 Å². The number of nitrogens with zero attached hydrogens (tertiary/aromatic N) is 3. The van der Waals surface area contributed by atoms with Crippen LogP contribution in [0.25, 0.3) is 0 Å². The fourth-order valence-corrected chi connectivity index (χ4v) is 2.56. The summed E-state index contributed by atoms with van der Waals surface area (Å²) < 4.78 is 0. The van der Waals surface area contributed by atoms with Gasteiger partial charge in [-0.05, 0) is 46.8 Å². The van der Waals surface area contributed by atoms with Crippen molar-refractivity contribution in [3.8, 4) is 0 Å². The molecule has 1 fully saturated rings. The van der Waals surface area contributed by atoms with E-state index < -0.39 is 0 Å². The molecule has 118 valence electrons. The van der Waals surface area contributed by atoms with Crippen molar-refractivity contribution in [3.05, 3.63) is 23.9 Å². The zero-order valence-electron chi connectivity index (χ0n) is 14.2. The van der Waals surface area contributed by atoms with Crippen LogP contribution in [0.1, 0.15) is 40.3 Å². The molecule has 2 heterocycles. The molecule has 0 spiro atoms. The van der Waals surface area contributed by atoms with Crippen molar-refractivity contribution in [3.63, 3.8) is 0 Å². The predicted molar refractivity (Wildman–Crippen MR) is 89.8 cm³/mol. The number of hydrogen-bond donors (Lipinski definition) is 1. The van der Waals surface area contributed by atoms with Gasteiger partial charge in [0.1, 0.15) is 5.82 Å². The van der Waals surface area contributed by atoms with E-state index in [1.54, 1.807) is 0 Å². The van der Waals surface area contributed by atoms with Crippen LogP contribution < -0.4 is 10.2 Å². The molecule has 2 rings (SSSR count). The van der Waals surface area contributed by atoms with E-state index in [1.165, 1.54) is 0 Å². The average Bonchev–Trinajstić information content (AvgIpc) is 2.45. The molecule has 0 atom stereocenters. The summed E-state index contributed by atoms with van der Waals surface area (Å²) in [5.41, 5.74) is 1.24. The second-order valence-corrected chi connectivity index (χ2v) is 7.21. The second-order valence-electron chi connectivity index (χ2n) is 7.21. The van der Waals surface area contributed by atoms with Crippen LogP contribution in [0.2, 0.25) is 0 Å². The Balaban J connectivity index is 1.95. The Kier molecular flexibility index (Phi) is 5.22. The van der Waals surface area contributed by atoms with Crippen molar-refractivity contribution in [2.45, 2.75) is 52.7 Å². The third-order valence-corrected chi connectivity index (χ3v) is 3.96. The zero-order valence-corrected chi connectivity index (χ0v) is 14.2. The summed E-state index contributed by atoms with van der Waals surface area (Å²) in [6.45, 7) is 16.3. The highest BCUT2D eigenvalue weighted by atomic mass is 15.3. The first-order chi connectivity index (χ1) is 9.85. The van der Waals surface area contributed by atoms with Gasteiger partial charge in [0, 0.05) is 44.3 Å². The fourth-order valence-electron chi connectivity index (χ4n) is 2.56. The maximum atomic E-state index is 4.81. The van der Waals surface area contributed by atoms with Crippen LogP contribution in [0, 0.1) is 0 Å². The Bertz CT molecular complexity index is 442. The van der Waals surface area contributed by atoms with Gasteiger partial charge in [0.05, 0.1) is 5.69 Å². The lowest BCUT2D eigenvalue weighted by Gasteiger charge is -2.37. The normalized spacial score (nSPS) is 17.5. The molecule has 4 heteroatoms. The lowest BCUT2D eigenvalue weighted by molar-refractivity contribution is 0.209. The Labute approximate surface area is 129 Å². The van der Waals surface area contributed by atoms with E-state index in [0.717, 1.165) is 44.2 Å². The van der Waals surface area contributed by atoms with Gasteiger partial charge in [-0.25, -0.2) is 4.98 Å². The lowest BCUT2D eigenvalue weighted by Crippen LogP contribution is -2.49. The van der Waals surface area contributed by atoms with Crippen LogP contribution in [-0.2, 0) is 6.54 Å². The van der Waals surface area contributed by atoms with Gasteiger partial charge < -0.3 is 10.2 Å². The van der Waals surface area contributed by atoms with Crippen molar-refractivity contribution in [1.82, 2.24) is 15.2 Å². The molecule has 21 heavy (non-hydrogen) atoms. The number of rotatable bonds is 4. The molecule has 1 aliphatic heterocycles. The van der Waals surface area contributed by atoms with Gasteiger partial charge in [0.25, 0.3) is 0 Å². The lowest BCUT2D eigenvalue weighted by atomic mass is 10.1. The van der Waals surface area contributed by atoms with Crippen LogP contribution in [0.5, 0.6) is 0 Å². The van der Waals surface area contributed by atoms with Crippen LogP contribution >= 0.6 is 0 Å². The van der Waals surface area contributed by atoms with Gasteiger partial charge in [-0.1, -0.05) is 6.07 Å². The van der Waals surface area contributed by atoms with Gasteiger partial charge >= 0.3 is 0 Å². The number of anilines is 1. The molecule has 0 unspecified atom stereocenters. The summed E-state index contributed by atoms with van der Waals surface area (Å²) in [5.74, 6) is 1.12. The van der Waals surface area contributed by atoms with Crippen molar-refractivity contribution < 1.29 is 0 Å². The average molecular weight is 290 g/mol. The molecule has 1 N–H and O–H groups in total. The Morgan fingerprint density at radius 1 is 1.14 bits per heavy atom. The molecular weight excluding hydrogens is 260 g/mol. The molecule has 1 aliphatic rings. The molecule has 0 amide bonds. The molecule has 0 aromatic carbocycles. The maximum Gasteiger partial charge on any atom is 0.128 e. The molecule has 4 nitrogen and oxygen atoms in total. The fraction of sp³-hybridized carbons (Fsp3) is 0.706. The molecule has 0 saturated carbocycles. The predicted octanol–water partition coefficient (Wildman–Crippen LogP) is 2.50. The van der Waals surface area contributed by atoms with Crippen molar-refractivity contribution in [2.75, 3.05) is 31.1 Å². The molecule has 0 bridgehead atoms. The number of aromatic nitrogens is 1. The smallest absolute Gasteiger partial charge is 0.128 e. The van der Waals surface area contributed by atoms with E-state index in [9.17, 15) is 0 Å². The summed E-state index contributed by atoms with van der Waals surface area (Å²) in [6.07, 6.45) is 0. The summed E-state index contributed by atoms with van der Waals surface area (Å²) in [5, 5.41) is 3.50. The minimum Gasteiger partial charge on any atom is -0.354 e. The first-order valence-electron chi connectivity index (χ1n) is 8.05. The molecule has 1 aromatic rings. The maximum absolute atomic E-state index is 4.81. The molecule has 1 saturated heterocycles. The van der Waals surface area contributed by atoms with E-state index in [2.05, 4.69) is 67.9 Å². The standard InChI is InChI=1S/C17H30N4/c1-14(2)20-9-11-21(12-10-20)16-8-6-7-15(19-16)13-18-17(3,4)5/h6-8,14,18H,9-13H2,1-5H3. The van der Waals surface area contributed by atoms with Gasteiger partial charge in [-0.15, -0.1) is 0 Å². The van der Waals surface area contributed by atoms with Crippen molar-refractivity contribution in [1.29, 1.82) is 0 Å². The summed E-state index contributed by atoms with van der Waals surface area (Å²) in [7, 11) is 0. The first kappa shape index (κ1) is 16.2. The quantitative estimate of drug-likeness (QED) is 0.923. The minimum absolute atomic E-state index is 0.126. The third kappa shape index (κ3) is 4.97. The highest BCUT2D eigenvalue weighted by molar-refractivity contribution is 5.39. The molecule has 0 radical (unpaired) electrons. The Morgan fingerprint density at radius 3 is 2.38 bits per heavy atom. The molecule has 0 aliphatic carbocycles. The summed E-state index contributed by atoms with van der Waals surface area (Å²) in [6, 6.07) is 7.00. The third-order valence-electron chi connectivity index (χ3n) is 3.96. The van der Waals surface area contributed by atoms with E-state index in [0.29, 0.717) is 6.04 Å². The van der Waals surface area contributed by atoms with E-state index in [1.807, 2.05) is 0 Å². The van der Waals surface area contributed by atoms with E-state index >= 15 is 0 Å². The first-order valence-corrected chi connectivity index (χ1v) is 8.05. The summed E-state index contributed by atoms with van der Waals surface area (Å²) in [4.78, 5) is 9.75. The van der Waals surface area contributed by atoms with E-state index in [4.69, 9.17) is 4.98 Å². The van der Waals surface area contributed by atoms with Crippen LogP contribution in [0.15, 0.2) is 18.2 Å². The highest BCUT2D eigenvalue weighted by Gasteiger charge is 2.19. The van der Waals surface area contributed by atoms with Crippen LogP contribution in [0.4, 0.5) is 5.82 Å². The Hall–Kier alpha value is -1.13. The molecule has 1 aromatic heterocycles. The SMILES string of the molecule is CC(C)N1CCN(c2cccc(CNC(C)(C)C)n2)CC1. The highest BCUT2D eigenvalue weighted by Crippen LogP contribution is 2.15. The molecular formula is C17H30N4. The van der Waals surface area contributed by atoms with Gasteiger partial charge in [-0.2, -0.15) is 0 Å². The number of pyridine rings is 1. The van der Waals surface area contributed by atoms with Crippen LogP contribution in [-0.4, -0.2) is 47.6 Å². The van der Waals surface area contributed by atoms with E-state index in [-0.39, 0.29) is 5.54 Å². The van der Waals surface area contributed by atoms with Crippen LogP contribution in [0.3, 0.4) is 0 Å². The largest absolute Gasteiger partial charge is 0.354 e. The van der Waals surface area contributed by atoms with Crippen molar-refractivity contribution in [2.24, 2.45) is 0 Å². The van der Waals surface area contributed by atoms with Crippen molar-refractivity contribution >= 4 is 5.82 Å². The minimum atomic E-state index is 0.126. The number of piperazine rings is 1. The number of hydrogen-bond acceptors (Lipinski definition) is 4. The topological polar surface area (TPSA) is 31.4 Å². The monoisotopic (exact) mass is 290 g/mol. The number of nitrogens with one attached hydrogen (secondary N) is 1.